The summed E-state index contributed by atoms with van der Waals surface area (Å²) in [7, 11) is 4.53. The van der Waals surface area contributed by atoms with Gasteiger partial charge < -0.3 is 19.5 Å². The minimum Gasteiger partial charge on any atom is -0.497 e. The molecule has 148 valence electrons. The lowest BCUT2D eigenvalue weighted by Crippen LogP contribution is -2.12. The molecule has 0 spiro atoms. The lowest BCUT2D eigenvalue weighted by atomic mass is 10.0. The van der Waals surface area contributed by atoms with Crippen LogP contribution in [-0.2, 0) is 4.74 Å². The van der Waals surface area contributed by atoms with E-state index in [1.165, 1.54) is 7.11 Å². The van der Waals surface area contributed by atoms with Crippen molar-refractivity contribution in [3.8, 4) is 22.6 Å². The molecule has 1 N–H and O–H groups in total. The number of esters is 1. The van der Waals surface area contributed by atoms with E-state index in [9.17, 15) is 9.59 Å². The molecule has 0 saturated heterocycles. The maximum atomic E-state index is 12.6. The number of rotatable bonds is 6. The number of carbonyl (C=O) groups excluding carboxylic acids is 2. The van der Waals surface area contributed by atoms with Gasteiger partial charge in [-0.2, -0.15) is 0 Å². The topological polar surface area (TPSA) is 73.9 Å². The third-order valence-corrected chi connectivity index (χ3v) is 4.43. The molecule has 6 heteroatoms. The molecule has 1 amide bonds. The van der Waals surface area contributed by atoms with Gasteiger partial charge in [0.05, 0.1) is 26.9 Å². The predicted octanol–water partition coefficient (Wildman–Crippen LogP) is 4.41. The molecule has 0 aliphatic carbocycles. The smallest absolute Gasteiger partial charge is 0.337 e. The van der Waals surface area contributed by atoms with E-state index in [1.54, 1.807) is 50.6 Å². The van der Waals surface area contributed by atoms with Crippen molar-refractivity contribution >= 4 is 17.6 Å². The monoisotopic (exact) mass is 391 g/mol. The first kappa shape index (κ1) is 19.9. The van der Waals surface area contributed by atoms with Crippen LogP contribution in [0.2, 0.25) is 0 Å². The van der Waals surface area contributed by atoms with Crippen LogP contribution in [0.5, 0.6) is 11.5 Å². The zero-order valence-corrected chi connectivity index (χ0v) is 16.4. The Hall–Kier alpha value is -3.80. The maximum absolute atomic E-state index is 12.6. The molecule has 0 saturated carbocycles. The summed E-state index contributed by atoms with van der Waals surface area (Å²) in [4.78, 5) is 24.1. The van der Waals surface area contributed by atoms with E-state index in [0.717, 1.165) is 16.9 Å². The number of benzene rings is 3. The van der Waals surface area contributed by atoms with Crippen LogP contribution in [0.4, 0.5) is 5.69 Å². The molecule has 0 radical (unpaired) electrons. The summed E-state index contributed by atoms with van der Waals surface area (Å²) in [6, 6.07) is 19.3. The minimum absolute atomic E-state index is 0.285. The average molecular weight is 391 g/mol. The van der Waals surface area contributed by atoms with E-state index in [4.69, 9.17) is 9.47 Å². The number of methoxy groups -OCH3 is 3. The van der Waals surface area contributed by atoms with E-state index in [2.05, 4.69) is 10.1 Å². The first-order chi connectivity index (χ1) is 14.0. The number of amides is 1. The van der Waals surface area contributed by atoms with Crippen molar-refractivity contribution in [2.45, 2.75) is 0 Å². The number of carbonyl (C=O) groups is 2. The van der Waals surface area contributed by atoms with Crippen LogP contribution in [-0.4, -0.2) is 33.2 Å². The highest BCUT2D eigenvalue weighted by Gasteiger charge is 2.12. The molecule has 0 fully saturated rings. The number of anilines is 1. The van der Waals surface area contributed by atoms with Gasteiger partial charge in [0.25, 0.3) is 5.91 Å². The second-order valence-electron chi connectivity index (χ2n) is 6.17. The first-order valence-corrected chi connectivity index (χ1v) is 8.88. The molecule has 6 nitrogen and oxygen atoms in total. The first-order valence-electron chi connectivity index (χ1n) is 8.88. The van der Waals surface area contributed by atoms with Crippen LogP contribution in [0.1, 0.15) is 20.7 Å². The fourth-order valence-electron chi connectivity index (χ4n) is 2.86. The highest BCUT2D eigenvalue weighted by molar-refractivity contribution is 6.05. The predicted molar refractivity (Wildman–Crippen MR) is 111 cm³/mol. The van der Waals surface area contributed by atoms with Gasteiger partial charge in [-0.1, -0.05) is 12.1 Å². The van der Waals surface area contributed by atoms with Gasteiger partial charge in [-0.25, -0.2) is 4.79 Å². The fourth-order valence-corrected chi connectivity index (χ4v) is 2.86. The van der Waals surface area contributed by atoms with Crippen molar-refractivity contribution in [3.05, 3.63) is 77.9 Å². The Bertz CT molecular complexity index is 1010. The summed E-state index contributed by atoms with van der Waals surface area (Å²) < 4.78 is 15.3. The largest absolute Gasteiger partial charge is 0.497 e. The van der Waals surface area contributed by atoms with Crippen molar-refractivity contribution in [1.29, 1.82) is 0 Å². The number of hydrogen-bond acceptors (Lipinski definition) is 5. The van der Waals surface area contributed by atoms with E-state index in [1.807, 2.05) is 30.3 Å². The minimum atomic E-state index is -0.448. The molecule has 0 atom stereocenters. The van der Waals surface area contributed by atoms with Crippen LogP contribution >= 0.6 is 0 Å². The van der Waals surface area contributed by atoms with Gasteiger partial charge in [0.1, 0.15) is 11.5 Å². The summed E-state index contributed by atoms with van der Waals surface area (Å²) in [5.41, 5.74) is 3.21. The highest BCUT2D eigenvalue weighted by atomic mass is 16.5. The summed E-state index contributed by atoms with van der Waals surface area (Å²) in [5, 5.41) is 2.87. The third-order valence-electron chi connectivity index (χ3n) is 4.43. The Morgan fingerprint density at radius 1 is 0.759 bits per heavy atom. The molecule has 29 heavy (non-hydrogen) atoms. The molecule has 0 aliphatic rings. The SMILES string of the molecule is COC(=O)c1ccc(C(=O)Nc2ccc(OC)c(-c3ccc(OC)cc3)c2)cc1. The van der Waals surface area contributed by atoms with Gasteiger partial charge in [0.15, 0.2) is 0 Å². The van der Waals surface area contributed by atoms with Crippen LogP contribution in [0, 0.1) is 0 Å². The molecule has 0 unspecified atom stereocenters. The Balaban J connectivity index is 1.83. The zero-order valence-electron chi connectivity index (χ0n) is 16.4. The van der Waals surface area contributed by atoms with E-state index in [0.29, 0.717) is 22.6 Å². The van der Waals surface area contributed by atoms with Crippen LogP contribution in [0.25, 0.3) is 11.1 Å². The molecule has 3 aromatic carbocycles. The average Bonchev–Trinajstić information content (AvgIpc) is 2.78. The van der Waals surface area contributed by atoms with Gasteiger partial charge in [0.2, 0.25) is 0 Å². The number of hydrogen-bond donors (Lipinski definition) is 1. The van der Waals surface area contributed by atoms with Crippen LogP contribution in [0.15, 0.2) is 66.7 Å². The molecule has 3 rings (SSSR count). The van der Waals surface area contributed by atoms with Gasteiger partial charge in [0, 0.05) is 16.8 Å². The summed E-state index contributed by atoms with van der Waals surface area (Å²) in [6.07, 6.45) is 0. The molecule has 0 aliphatic heterocycles. The fraction of sp³-hybridized carbons (Fsp3) is 0.130. The summed E-state index contributed by atoms with van der Waals surface area (Å²) in [6.45, 7) is 0. The Kier molecular flexibility index (Phi) is 6.14. The van der Waals surface area contributed by atoms with Crippen molar-refractivity contribution in [2.24, 2.45) is 0 Å². The van der Waals surface area contributed by atoms with E-state index in [-0.39, 0.29) is 5.91 Å². The van der Waals surface area contributed by atoms with Crippen molar-refractivity contribution in [3.63, 3.8) is 0 Å². The molecule has 3 aromatic rings. The lowest BCUT2D eigenvalue weighted by molar-refractivity contribution is 0.0600. The molecule has 0 bridgehead atoms. The van der Waals surface area contributed by atoms with Crippen LogP contribution in [0.3, 0.4) is 0 Å². The quantitative estimate of drug-likeness (QED) is 0.630. The van der Waals surface area contributed by atoms with Gasteiger partial charge in [-0.05, 0) is 60.2 Å². The van der Waals surface area contributed by atoms with E-state index < -0.39 is 5.97 Å². The van der Waals surface area contributed by atoms with Crippen molar-refractivity contribution < 1.29 is 23.8 Å². The Labute approximate surface area is 169 Å². The van der Waals surface area contributed by atoms with Gasteiger partial charge in [-0.3, -0.25) is 4.79 Å². The van der Waals surface area contributed by atoms with Gasteiger partial charge in [-0.15, -0.1) is 0 Å². The normalized spacial score (nSPS) is 10.2. The molecular weight excluding hydrogens is 370 g/mol. The summed E-state index contributed by atoms with van der Waals surface area (Å²) in [5.74, 6) is 0.715. The number of nitrogens with one attached hydrogen (secondary N) is 1. The van der Waals surface area contributed by atoms with Crippen molar-refractivity contribution in [2.75, 3.05) is 26.6 Å². The zero-order chi connectivity index (χ0) is 20.8. The second kappa shape index (κ2) is 8.93. The van der Waals surface area contributed by atoms with Crippen molar-refractivity contribution in [1.82, 2.24) is 0 Å². The maximum Gasteiger partial charge on any atom is 0.337 e. The van der Waals surface area contributed by atoms with E-state index >= 15 is 0 Å². The van der Waals surface area contributed by atoms with Crippen LogP contribution < -0.4 is 14.8 Å². The number of ether oxygens (including phenoxy) is 3. The summed E-state index contributed by atoms with van der Waals surface area (Å²) >= 11 is 0. The second-order valence-corrected chi connectivity index (χ2v) is 6.17. The Morgan fingerprint density at radius 2 is 1.41 bits per heavy atom. The molecule has 0 heterocycles. The third kappa shape index (κ3) is 4.55. The molecule has 0 aromatic heterocycles. The molecular formula is C23H21NO5. The Morgan fingerprint density at radius 3 is 2.00 bits per heavy atom. The lowest BCUT2D eigenvalue weighted by Gasteiger charge is -2.13. The highest BCUT2D eigenvalue weighted by Crippen LogP contribution is 2.33. The van der Waals surface area contributed by atoms with Gasteiger partial charge >= 0.3 is 5.97 Å². The standard InChI is InChI=1S/C23H21NO5/c1-27-19-11-8-15(9-12-19)20-14-18(10-13-21(20)28-2)24-22(25)16-4-6-17(7-5-16)23(26)29-3/h4-14H,1-3H3,(H,24,25).